The molecule has 0 atom stereocenters. The number of furan rings is 1. The summed E-state index contributed by atoms with van der Waals surface area (Å²) >= 11 is 0. The first kappa shape index (κ1) is 23.2. The van der Waals surface area contributed by atoms with Gasteiger partial charge in [0.05, 0.1) is 22.1 Å². The Morgan fingerprint density at radius 2 is 1.12 bits per heavy atom. The zero-order chi connectivity index (χ0) is 27.9. The van der Waals surface area contributed by atoms with E-state index in [0.29, 0.717) is 0 Å². The number of fused-ring (bicyclic) bond motifs is 9. The summed E-state index contributed by atoms with van der Waals surface area (Å²) in [4.78, 5) is 0. The van der Waals surface area contributed by atoms with E-state index < -0.39 is 0 Å². The Hall–Kier alpha value is -5.54. The number of aromatic nitrogens is 2. The van der Waals surface area contributed by atoms with E-state index in [9.17, 15) is 0 Å². The smallest absolute Gasteiger partial charge is 0.136 e. The number of nitrogens with zero attached hydrogens (tertiary/aromatic N) is 2. The van der Waals surface area contributed by atoms with E-state index in [4.69, 9.17) is 4.42 Å². The van der Waals surface area contributed by atoms with E-state index in [2.05, 4.69) is 138 Å². The highest BCUT2D eigenvalue weighted by molar-refractivity contribution is 6.19. The molecule has 9 aromatic rings. The fraction of sp³-hybridized carbons (Fsp3) is 0.0256. The number of hydrogen-bond donors (Lipinski definition) is 0. The fourth-order valence-corrected chi connectivity index (χ4v) is 6.87. The zero-order valence-electron chi connectivity index (χ0n) is 23.1. The maximum atomic E-state index is 6.29. The third-order valence-corrected chi connectivity index (χ3v) is 8.68. The van der Waals surface area contributed by atoms with Crippen molar-refractivity contribution in [2.24, 2.45) is 0 Å². The normalized spacial score (nSPS) is 12.0. The van der Waals surface area contributed by atoms with Crippen molar-refractivity contribution in [1.82, 2.24) is 9.13 Å². The van der Waals surface area contributed by atoms with E-state index >= 15 is 0 Å². The van der Waals surface area contributed by atoms with Gasteiger partial charge in [-0.3, -0.25) is 0 Å². The molecule has 6 aromatic carbocycles. The summed E-state index contributed by atoms with van der Waals surface area (Å²) in [6.45, 7) is 6.30. The van der Waals surface area contributed by atoms with Crippen LogP contribution in [0.3, 0.4) is 0 Å². The highest BCUT2D eigenvalue weighted by Gasteiger charge is 2.19. The number of hydrogen-bond acceptors (Lipinski definition) is 1. The van der Waals surface area contributed by atoms with Gasteiger partial charge in [-0.1, -0.05) is 78.9 Å². The van der Waals surface area contributed by atoms with E-state index in [-0.39, 0.29) is 0 Å². The maximum Gasteiger partial charge on any atom is 0.136 e. The topological polar surface area (TPSA) is 23.0 Å². The van der Waals surface area contributed by atoms with Gasteiger partial charge in [0.25, 0.3) is 0 Å². The predicted octanol–water partition coefficient (Wildman–Crippen LogP) is 10.8. The van der Waals surface area contributed by atoms with Gasteiger partial charge in [0.2, 0.25) is 0 Å². The molecule has 0 amide bonds. The molecule has 0 saturated carbocycles. The summed E-state index contributed by atoms with van der Waals surface area (Å²) in [6.07, 6.45) is 0. The quantitative estimate of drug-likeness (QED) is 0.219. The van der Waals surface area contributed by atoms with Gasteiger partial charge in [0.15, 0.2) is 0 Å². The second-order valence-electron chi connectivity index (χ2n) is 11.2. The van der Waals surface area contributed by atoms with Gasteiger partial charge in [0, 0.05) is 43.7 Å². The molecule has 0 fully saturated rings. The van der Waals surface area contributed by atoms with Crippen LogP contribution in [0.4, 0.5) is 0 Å². The van der Waals surface area contributed by atoms with E-state index in [1.54, 1.807) is 0 Å². The van der Waals surface area contributed by atoms with Crippen LogP contribution in [0.5, 0.6) is 0 Å². The Labute approximate surface area is 242 Å². The summed E-state index contributed by atoms with van der Waals surface area (Å²) in [5, 5.41) is 7.18. The second kappa shape index (κ2) is 8.48. The highest BCUT2D eigenvalue weighted by atomic mass is 16.3. The molecular formula is C39H26N2O. The molecule has 198 valence electrons. The van der Waals surface area contributed by atoms with Crippen molar-refractivity contribution in [2.45, 2.75) is 6.92 Å². The molecule has 9 rings (SSSR count). The van der Waals surface area contributed by atoms with Crippen LogP contribution in [-0.4, -0.2) is 9.13 Å². The lowest BCUT2D eigenvalue weighted by atomic mass is 10.0. The van der Waals surface area contributed by atoms with Crippen molar-refractivity contribution in [3.8, 4) is 11.4 Å². The fourth-order valence-electron chi connectivity index (χ4n) is 6.87. The molecule has 3 aromatic heterocycles. The highest BCUT2D eigenvalue weighted by Crippen LogP contribution is 2.41. The van der Waals surface area contributed by atoms with E-state index in [1.165, 1.54) is 43.6 Å². The average molecular weight is 539 g/mol. The van der Waals surface area contributed by atoms with Gasteiger partial charge in [-0.05, 0) is 73.2 Å². The molecule has 3 heterocycles. The van der Waals surface area contributed by atoms with Gasteiger partial charge >= 0.3 is 0 Å². The summed E-state index contributed by atoms with van der Waals surface area (Å²) in [7, 11) is 0. The molecule has 42 heavy (non-hydrogen) atoms. The van der Waals surface area contributed by atoms with Crippen molar-refractivity contribution < 1.29 is 4.42 Å². The lowest BCUT2D eigenvalue weighted by Gasteiger charge is -2.09. The standard InChI is InChI=1S/C39H26N2O/c1-24(2)27-15-10-18-38-39(27)32-21-26(19-20-37(32)42-38)41-34-17-9-7-14-29(34)31-22-35-30(23-36(31)41)28-13-6-8-16-33(28)40(35)25-11-4-3-5-12-25/h3-23H,1H2,2H3. The van der Waals surface area contributed by atoms with Gasteiger partial charge in [-0.15, -0.1) is 0 Å². The molecule has 0 saturated heterocycles. The van der Waals surface area contributed by atoms with Crippen LogP contribution < -0.4 is 0 Å². The molecule has 0 bridgehead atoms. The monoisotopic (exact) mass is 538 g/mol. The van der Waals surface area contributed by atoms with Crippen LogP contribution in [0.2, 0.25) is 0 Å². The SMILES string of the molecule is C=C(C)c1cccc2oc3ccc(-n4c5ccccc5c5cc6c(cc54)c4ccccc4n6-c4ccccc4)cc3c12. The van der Waals surface area contributed by atoms with Crippen LogP contribution in [0.1, 0.15) is 12.5 Å². The van der Waals surface area contributed by atoms with Crippen LogP contribution in [0.15, 0.2) is 138 Å². The largest absolute Gasteiger partial charge is 0.456 e. The third kappa shape index (κ3) is 3.11. The predicted molar refractivity (Wildman–Crippen MR) is 177 cm³/mol. The Morgan fingerprint density at radius 1 is 0.500 bits per heavy atom. The van der Waals surface area contributed by atoms with Gasteiger partial charge in [0.1, 0.15) is 11.2 Å². The number of benzene rings is 6. The van der Waals surface area contributed by atoms with Crippen LogP contribution >= 0.6 is 0 Å². The van der Waals surface area contributed by atoms with Crippen molar-refractivity contribution in [2.75, 3.05) is 0 Å². The molecule has 0 aliphatic rings. The molecule has 3 nitrogen and oxygen atoms in total. The number of rotatable bonds is 3. The number of para-hydroxylation sites is 3. The second-order valence-corrected chi connectivity index (χ2v) is 11.2. The first-order chi connectivity index (χ1) is 20.7. The van der Waals surface area contributed by atoms with Crippen LogP contribution in [-0.2, 0) is 0 Å². The Morgan fingerprint density at radius 3 is 1.79 bits per heavy atom. The summed E-state index contributed by atoms with van der Waals surface area (Å²) in [6, 6.07) is 45.6. The van der Waals surface area contributed by atoms with E-state index in [0.717, 1.165) is 44.4 Å². The van der Waals surface area contributed by atoms with Gasteiger partial charge in [-0.25, -0.2) is 0 Å². The Balaban J connectivity index is 1.41. The minimum absolute atomic E-state index is 0.886. The van der Waals surface area contributed by atoms with Crippen molar-refractivity contribution in [3.05, 3.63) is 140 Å². The van der Waals surface area contributed by atoms with Crippen LogP contribution in [0, 0.1) is 0 Å². The molecule has 0 spiro atoms. The lowest BCUT2D eigenvalue weighted by Crippen LogP contribution is -1.94. The van der Waals surface area contributed by atoms with Crippen molar-refractivity contribution >= 4 is 71.1 Å². The van der Waals surface area contributed by atoms with E-state index in [1.807, 2.05) is 12.1 Å². The Bertz CT molecular complexity index is 2540. The van der Waals surface area contributed by atoms with Crippen molar-refractivity contribution in [3.63, 3.8) is 0 Å². The third-order valence-electron chi connectivity index (χ3n) is 8.68. The first-order valence-corrected chi connectivity index (χ1v) is 14.3. The molecular weight excluding hydrogens is 512 g/mol. The first-order valence-electron chi connectivity index (χ1n) is 14.3. The van der Waals surface area contributed by atoms with Gasteiger partial charge in [-0.2, -0.15) is 0 Å². The lowest BCUT2D eigenvalue weighted by molar-refractivity contribution is 0.669. The Kier molecular flexibility index (Phi) is 4.68. The van der Waals surface area contributed by atoms with Crippen LogP contribution in [0.25, 0.3) is 82.5 Å². The molecule has 0 N–H and O–H groups in total. The van der Waals surface area contributed by atoms with Crippen molar-refractivity contribution in [1.29, 1.82) is 0 Å². The summed E-state index contributed by atoms with van der Waals surface area (Å²) in [5.41, 5.74) is 11.0. The van der Waals surface area contributed by atoms with Gasteiger partial charge < -0.3 is 13.6 Å². The molecule has 3 heteroatoms. The minimum Gasteiger partial charge on any atom is -0.456 e. The molecule has 0 aliphatic carbocycles. The number of allylic oxidation sites excluding steroid dienone is 1. The maximum absolute atomic E-state index is 6.29. The zero-order valence-corrected chi connectivity index (χ0v) is 23.1. The summed E-state index contributed by atoms with van der Waals surface area (Å²) < 4.78 is 11.1. The summed E-state index contributed by atoms with van der Waals surface area (Å²) in [5.74, 6) is 0. The molecule has 0 radical (unpaired) electrons. The molecule has 0 aliphatic heterocycles. The average Bonchev–Trinajstić information content (AvgIpc) is 3.67. The molecule has 0 unspecified atom stereocenters. The minimum atomic E-state index is 0.886.